The molecule has 0 aliphatic carbocycles. The van der Waals surface area contributed by atoms with Gasteiger partial charge in [0.2, 0.25) is 0 Å². The molecule has 0 fully saturated rings. The van der Waals surface area contributed by atoms with Crippen LogP contribution in [0.25, 0.3) is 0 Å². The fraction of sp³-hybridized carbons (Fsp3) is 0.462. The summed E-state index contributed by atoms with van der Waals surface area (Å²) in [5, 5.41) is 12.1. The normalized spacial score (nSPS) is 12.4. The summed E-state index contributed by atoms with van der Waals surface area (Å²) in [4.78, 5) is 10.8. The van der Waals surface area contributed by atoms with Gasteiger partial charge in [0.05, 0.1) is 5.92 Å². The Labute approximate surface area is 96.5 Å². The third-order valence-corrected chi connectivity index (χ3v) is 2.64. The number of nitrogens with one attached hydrogen (secondary N) is 1. The second-order valence-corrected chi connectivity index (χ2v) is 4.06. The first-order valence-corrected chi connectivity index (χ1v) is 5.62. The van der Waals surface area contributed by atoms with E-state index in [1.54, 1.807) is 0 Å². The van der Waals surface area contributed by atoms with Crippen molar-refractivity contribution in [2.24, 2.45) is 5.92 Å². The van der Waals surface area contributed by atoms with Crippen molar-refractivity contribution in [3.63, 3.8) is 0 Å². The summed E-state index contributed by atoms with van der Waals surface area (Å²) >= 11 is 0. The van der Waals surface area contributed by atoms with Gasteiger partial charge in [0, 0.05) is 13.1 Å². The van der Waals surface area contributed by atoms with Gasteiger partial charge in [0.25, 0.3) is 0 Å². The molecule has 0 saturated carbocycles. The number of carboxylic acids is 1. The Hall–Kier alpha value is -1.35. The number of aryl methyl sites for hydroxylation is 1. The van der Waals surface area contributed by atoms with Crippen molar-refractivity contribution in [3.05, 3.63) is 35.4 Å². The molecule has 88 valence electrons. The molecule has 1 aromatic carbocycles. The summed E-state index contributed by atoms with van der Waals surface area (Å²) in [5.74, 6) is -1.01. The van der Waals surface area contributed by atoms with E-state index in [0.717, 1.165) is 6.54 Å². The van der Waals surface area contributed by atoms with Gasteiger partial charge in [-0.2, -0.15) is 0 Å². The van der Waals surface area contributed by atoms with Crippen LogP contribution in [0.1, 0.15) is 24.5 Å². The molecule has 16 heavy (non-hydrogen) atoms. The molecule has 1 unspecified atom stereocenters. The lowest BCUT2D eigenvalue weighted by Crippen LogP contribution is -2.27. The Morgan fingerprint density at radius 3 is 2.81 bits per heavy atom. The van der Waals surface area contributed by atoms with Crippen molar-refractivity contribution in [1.29, 1.82) is 0 Å². The maximum absolute atomic E-state index is 10.8. The molecule has 0 spiro atoms. The Morgan fingerprint density at radius 1 is 1.50 bits per heavy atom. The fourth-order valence-electron chi connectivity index (χ4n) is 1.62. The molecule has 0 bridgehead atoms. The van der Waals surface area contributed by atoms with Gasteiger partial charge < -0.3 is 10.4 Å². The molecule has 0 radical (unpaired) electrons. The molecular weight excluding hydrogens is 202 g/mol. The Kier molecular flexibility index (Phi) is 4.99. The van der Waals surface area contributed by atoms with Crippen LogP contribution in [0.4, 0.5) is 0 Å². The van der Waals surface area contributed by atoms with E-state index in [1.807, 2.05) is 19.1 Å². The number of carboxylic acid groups (broad SMARTS) is 1. The molecule has 1 atom stereocenters. The van der Waals surface area contributed by atoms with Gasteiger partial charge in [-0.1, -0.05) is 36.8 Å². The van der Waals surface area contributed by atoms with E-state index < -0.39 is 5.97 Å². The van der Waals surface area contributed by atoms with Gasteiger partial charge in [0.1, 0.15) is 0 Å². The molecule has 3 nitrogen and oxygen atoms in total. The highest BCUT2D eigenvalue weighted by molar-refractivity contribution is 5.70. The summed E-state index contributed by atoms with van der Waals surface area (Å²) in [6.45, 7) is 5.20. The second kappa shape index (κ2) is 6.28. The lowest BCUT2D eigenvalue weighted by atomic mass is 10.1. The van der Waals surface area contributed by atoms with Gasteiger partial charge in [0.15, 0.2) is 0 Å². The number of carbonyl (C=O) groups is 1. The number of hydrogen-bond donors (Lipinski definition) is 2. The minimum absolute atomic E-state index is 0.287. The van der Waals surface area contributed by atoms with Crippen LogP contribution >= 0.6 is 0 Å². The first kappa shape index (κ1) is 12.7. The Morgan fingerprint density at radius 2 is 2.25 bits per heavy atom. The minimum Gasteiger partial charge on any atom is -0.481 e. The maximum atomic E-state index is 10.8. The Balaban J connectivity index is 2.38. The van der Waals surface area contributed by atoms with Gasteiger partial charge in [-0.25, -0.2) is 0 Å². The van der Waals surface area contributed by atoms with Crippen LogP contribution in [-0.4, -0.2) is 17.6 Å². The van der Waals surface area contributed by atoms with E-state index in [4.69, 9.17) is 5.11 Å². The van der Waals surface area contributed by atoms with Crippen molar-refractivity contribution in [1.82, 2.24) is 5.32 Å². The molecule has 0 aromatic heterocycles. The lowest BCUT2D eigenvalue weighted by Gasteiger charge is -2.11. The highest BCUT2D eigenvalue weighted by Gasteiger charge is 2.13. The van der Waals surface area contributed by atoms with Crippen LogP contribution in [0.2, 0.25) is 0 Å². The van der Waals surface area contributed by atoms with E-state index in [2.05, 4.69) is 24.4 Å². The van der Waals surface area contributed by atoms with Crippen molar-refractivity contribution in [2.75, 3.05) is 6.54 Å². The molecule has 0 amide bonds. The van der Waals surface area contributed by atoms with Crippen molar-refractivity contribution >= 4 is 5.97 Å². The van der Waals surface area contributed by atoms with Crippen molar-refractivity contribution < 1.29 is 9.90 Å². The first-order valence-electron chi connectivity index (χ1n) is 5.62. The van der Waals surface area contributed by atoms with E-state index in [9.17, 15) is 4.79 Å². The number of benzene rings is 1. The van der Waals surface area contributed by atoms with Gasteiger partial charge >= 0.3 is 5.97 Å². The van der Waals surface area contributed by atoms with Gasteiger partial charge in [-0.15, -0.1) is 0 Å². The molecule has 1 rings (SSSR count). The van der Waals surface area contributed by atoms with Crippen LogP contribution in [-0.2, 0) is 11.3 Å². The van der Waals surface area contributed by atoms with Crippen LogP contribution in [0.5, 0.6) is 0 Å². The number of hydrogen-bond acceptors (Lipinski definition) is 2. The van der Waals surface area contributed by atoms with Gasteiger partial charge in [-0.3, -0.25) is 4.79 Å². The maximum Gasteiger partial charge on any atom is 0.307 e. The summed E-state index contributed by atoms with van der Waals surface area (Å²) in [6.07, 6.45) is 0.663. The highest BCUT2D eigenvalue weighted by atomic mass is 16.4. The lowest BCUT2D eigenvalue weighted by molar-refractivity contribution is -0.141. The van der Waals surface area contributed by atoms with E-state index in [-0.39, 0.29) is 5.92 Å². The molecule has 1 aromatic rings. The molecule has 0 aliphatic heterocycles. The van der Waals surface area contributed by atoms with E-state index in [1.165, 1.54) is 11.1 Å². The zero-order valence-electron chi connectivity index (χ0n) is 9.86. The quantitative estimate of drug-likeness (QED) is 0.774. The number of rotatable bonds is 6. The first-order chi connectivity index (χ1) is 7.63. The average Bonchev–Trinajstić information content (AvgIpc) is 2.24. The van der Waals surface area contributed by atoms with Crippen LogP contribution in [0, 0.1) is 12.8 Å². The molecule has 2 N–H and O–H groups in total. The predicted octanol–water partition coefficient (Wildman–Crippen LogP) is 2.20. The second-order valence-electron chi connectivity index (χ2n) is 4.06. The van der Waals surface area contributed by atoms with E-state index >= 15 is 0 Å². The zero-order chi connectivity index (χ0) is 12.0. The molecule has 3 heteroatoms. The standard InChI is InChI=1S/C13H19NO2/c1-3-12(13(15)16)9-14-8-11-6-4-5-10(2)7-11/h4-7,12,14H,3,8-9H2,1-2H3,(H,15,16). The molecular formula is C13H19NO2. The Bertz CT molecular complexity index is 350. The highest BCUT2D eigenvalue weighted by Crippen LogP contribution is 2.05. The smallest absolute Gasteiger partial charge is 0.307 e. The van der Waals surface area contributed by atoms with Crippen molar-refractivity contribution in [3.8, 4) is 0 Å². The van der Waals surface area contributed by atoms with Crippen molar-refractivity contribution in [2.45, 2.75) is 26.8 Å². The predicted molar refractivity (Wildman–Crippen MR) is 64.3 cm³/mol. The van der Waals surface area contributed by atoms with Crippen LogP contribution in [0.15, 0.2) is 24.3 Å². The van der Waals surface area contributed by atoms with Crippen LogP contribution < -0.4 is 5.32 Å². The van der Waals surface area contributed by atoms with Crippen LogP contribution in [0.3, 0.4) is 0 Å². The average molecular weight is 221 g/mol. The topological polar surface area (TPSA) is 49.3 Å². The summed E-state index contributed by atoms with van der Waals surface area (Å²) < 4.78 is 0. The third kappa shape index (κ3) is 4.03. The largest absolute Gasteiger partial charge is 0.481 e. The summed E-state index contributed by atoms with van der Waals surface area (Å²) in [5.41, 5.74) is 2.42. The number of aliphatic carboxylic acids is 1. The third-order valence-electron chi connectivity index (χ3n) is 2.64. The fourth-order valence-corrected chi connectivity index (χ4v) is 1.62. The monoisotopic (exact) mass is 221 g/mol. The van der Waals surface area contributed by atoms with Gasteiger partial charge in [-0.05, 0) is 18.9 Å². The molecule has 0 saturated heterocycles. The minimum atomic E-state index is -0.723. The molecule has 0 aliphatic rings. The molecule has 0 heterocycles. The van der Waals surface area contributed by atoms with E-state index in [0.29, 0.717) is 13.0 Å². The zero-order valence-corrected chi connectivity index (χ0v) is 9.86. The SMILES string of the molecule is CCC(CNCc1cccc(C)c1)C(=O)O. The summed E-state index contributed by atoms with van der Waals surface area (Å²) in [6, 6.07) is 8.22. The summed E-state index contributed by atoms with van der Waals surface area (Å²) in [7, 11) is 0.